The van der Waals surface area contributed by atoms with Crippen molar-refractivity contribution in [2.24, 2.45) is 5.41 Å². The molecule has 0 spiro atoms. The van der Waals surface area contributed by atoms with Crippen LogP contribution in [0.25, 0.3) is 0 Å². The standard InChI is InChI=1S/C19H18ClN3O4/c1-27-16(24)12-5-6-14(20)15(10-12)23-18(26)19(7-8-19)17(25)22-11-13-4-2-3-9-21-13/h2-6,9-10H,7-8,11H2,1H3,(H,22,25)(H,23,26). The van der Waals surface area contributed by atoms with E-state index in [-0.39, 0.29) is 28.7 Å². The van der Waals surface area contributed by atoms with Crippen molar-refractivity contribution in [3.8, 4) is 0 Å². The predicted molar refractivity (Wildman–Crippen MR) is 99.2 cm³/mol. The van der Waals surface area contributed by atoms with E-state index in [9.17, 15) is 14.4 Å². The molecule has 0 bridgehead atoms. The summed E-state index contributed by atoms with van der Waals surface area (Å²) in [5.74, 6) is -1.35. The van der Waals surface area contributed by atoms with Crippen molar-refractivity contribution in [3.63, 3.8) is 0 Å². The zero-order valence-electron chi connectivity index (χ0n) is 14.6. The average Bonchev–Trinajstić information content (AvgIpc) is 3.50. The Hall–Kier alpha value is -2.93. The molecule has 0 atom stereocenters. The van der Waals surface area contributed by atoms with Crippen LogP contribution in [0.1, 0.15) is 28.9 Å². The number of carbonyl (C=O) groups excluding carboxylic acids is 3. The molecule has 7 nitrogen and oxygen atoms in total. The lowest BCUT2D eigenvalue weighted by atomic mass is 10.0. The number of rotatable bonds is 6. The van der Waals surface area contributed by atoms with Gasteiger partial charge in [-0.15, -0.1) is 0 Å². The summed E-state index contributed by atoms with van der Waals surface area (Å²) >= 11 is 6.10. The number of pyridine rings is 1. The fraction of sp³-hybridized carbons (Fsp3) is 0.263. The molecule has 1 aromatic carbocycles. The summed E-state index contributed by atoms with van der Waals surface area (Å²) in [4.78, 5) is 41.0. The Morgan fingerprint density at radius 3 is 2.59 bits per heavy atom. The number of aromatic nitrogens is 1. The van der Waals surface area contributed by atoms with Crippen molar-refractivity contribution >= 4 is 35.1 Å². The fourth-order valence-corrected chi connectivity index (χ4v) is 2.80. The van der Waals surface area contributed by atoms with Crippen LogP contribution in [-0.4, -0.2) is 29.9 Å². The highest BCUT2D eigenvalue weighted by Gasteiger charge is 2.56. The Morgan fingerprint density at radius 1 is 1.19 bits per heavy atom. The van der Waals surface area contributed by atoms with Gasteiger partial charge in [-0.2, -0.15) is 0 Å². The number of esters is 1. The molecule has 1 aliphatic carbocycles. The van der Waals surface area contributed by atoms with Gasteiger partial charge in [0, 0.05) is 6.20 Å². The number of hydrogen-bond acceptors (Lipinski definition) is 5. The highest BCUT2D eigenvalue weighted by molar-refractivity contribution is 6.34. The third-order valence-corrected chi connectivity index (χ3v) is 4.74. The number of anilines is 1. The van der Waals surface area contributed by atoms with Gasteiger partial charge in [-0.3, -0.25) is 14.6 Å². The number of carbonyl (C=O) groups is 3. The number of ether oxygens (including phenoxy) is 1. The predicted octanol–water partition coefficient (Wildman–Crippen LogP) is 2.56. The van der Waals surface area contributed by atoms with Crippen LogP contribution in [0.3, 0.4) is 0 Å². The zero-order valence-corrected chi connectivity index (χ0v) is 15.4. The van der Waals surface area contributed by atoms with Gasteiger partial charge >= 0.3 is 5.97 Å². The van der Waals surface area contributed by atoms with Crippen molar-refractivity contribution in [2.45, 2.75) is 19.4 Å². The van der Waals surface area contributed by atoms with Crippen molar-refractivity contribution in [2.75, 3.05) is 12.4 Å². The van der Waals surface area contributed by atoms with Crippen LogP contribution in [-0.2, 0) is 20.9 Å². The first kappa shape index (κ1) is 18.8. The smallest absolute Gasteiger partial charge is 0.337 e. The molecule has 8 heteroatoms. The van der Waals surface area contributed by atoms with Gasteiger partial charge in [0.2, 0.25) is 11.8 Å². The highest BCUT2D eigenvalue weighted by atomic mass is 35.5. The molecule has 0 unspecified atom stereocenters. The van der Waals surface area contributed by atoms with E-state index in [2.05, 4.69) is 20.4 Å². The van der Waals surface area contributed by atoms with E-state index in [1.807, 2.05) is 6.07 Å². The van der Waals surface area contributed by atoms with E-state index in [0.29, 0.717) is 18.5 Å². The largest absolute Gasteiger partial charge is 0.465 e. The summed E-state index contributed by atoms with van der Waals surface area (Å²) in [5.41, 5.74) is 0.0882. The van der Waals surface area contributed by atoms with Crippen molar-refractivity contribution in [3.05, 3.63) is 58.9 Å². The molecule has 2 amide bonds. The second-order valence-corrected chi connectivity index (χ2v) is 6.63. The molecule has 1 fully saturated rings. The molecule has 3 rings (SSSR count). The van der Waals surface area contributed by atoms with Gasteiger partial charge in [-0.1, -0.05) is 17.7 Å². The van der Waals surface area contributed by atoms with Crippen LogP contribution in [0.15, 0.2) is 42.6 Å². The van der Waals surface area contributed by atoms with Crippen LogP contribution < -0.4 is 10.6 Å². The Morgan fingerprint density at radius 2 is 1.96 bits per heavy atom. The van der Waals surface area contributed by atoms with E-state index in [4.69, 9.17) is 11.6 Å². The van der Waals surface area contributed by atoms with Gasteiger partial charge in [0.15, 0.2) is 0 Å². The second kappa shape index (κ2) is 7.75. The second-order valence-electron chi connectivity index (χ2n) is 6.23. The van der Waals surface area contributed by atoms with Gasteiger partial charge in [0.25, 0.3) is 0 Å². The van der Waals surface area contributed by atoms with Crippen molar-refractivity contribution in [1.29, 1.82) is 0 Å². The lowest BCUT2D eigenvalue weighted by Gasteiger charge is -2.16. The Bertz CT molecular complexity index is 882. The molecule has 140 valence electrons. The number of halogens is 1. The Labute approximate surface area is 161 Å². The fourth-order valence-electron chi connectivity index (χ4n) is 2.63. The van der Waals surface area contributed by atoms with E-state index in [1.165, 1.54) is 25.3 Å². The molecule has 1 heterocycles. The SMILES string of the molecule is COC(=O)c1ccc(Cl)c(NC(=O)C2(C(=O)NCc3ccccn3)CC2)c1. The summed E-state index contributed by atoms with van der Waals surface area (Å²) in [6.45, 7) is 0.243. The maximum Gasteiger partial charge on any atom is 0.337 e. The average molecular weight is 388 g/mol. The van der Waals surface area contributed by atoms with Gasteiger partial charge in [0.05, 0.1) is 35.6 Å². The lowest BCUT2D eigenvalue weighted by Crippen LogP contribution is -2.39. The summed E-state index contributed by atoms with van der Waals surface area (Å²) < 4.78 is 4.66. The van der Waals surface area contributed by atoms with Gasteiger partial charge in [0.1, 0.15) is 5.41 Å². The molecule has 27 heavy (non-hydrogen) atoms. The van der Waals surface area contributed by atoms with Crippen molar-refractivity contribution in [1.82, 2.24) is 10.3 Å². The quantitative estimate of drug-likeness (QED) is 0.586. The summed E-state index contributed by atoms with van der Waals surface area (Å²) in [5, 5.41) is 5.67. The van der Waals surface area contributed by atoms with Crippen LogP contribution in [0.4, 0.5) is 5.69 Å². The molecule has 2 aromatic rings. The van der Waals surface area contributed by atoms with Crippen LogP contribution in [0.5, 0.6) is 0 Å². The first-order chi connectivity index (χ1) is 13.0. The molecule has 0 saturated heterocycles. The first-order valence-corrected chi connectivity index (χ1v) is 8.71. The number of methoxy groups -OCH3 is 1. The number of hydrogen-bond donors (Lipinski definition) is 2. The maximum absolute atomic E-state index is 12.7. The Balaban J connectivity index is 1.68. The number of nitrogens with zero attached hydrogens (tertiary/aromatic N) is 1. The van der Waals surface area contributed by atoms with Gasteiger partial charge in [-0.05, 0) is 43.2 Å². The van der Waals surface area contributed by atoms with E-state index in [1.54, 1.807) is 18.3 Å². The topological polar surface area (TPSA) is 97.4 Å². The van der Waals surface area contributed by atoms with Crippen molar-refractivity contribution < 1.29 is 19.1 Å². The van der Waals surface area contributed by atoms with Crippen LogP contribution in [0.2, 0.25) is 5.02 Å². The number of amides is 2. The summed E-state index contributed by atoms with van der Waals surface area (Å²) in [7, 11) is 1.26. The highest BCUT2D eigenvalue weighted by Crippen LogP contribution is 2.47. The summed E-state index contributed by atoms with van der Waals surface area (Å²) in [6.07, 6.45) is 2.53. The first-order valence-electron chi connectivity index (χ1n) is 8.34. The third kappa shape index (κ3) is 4.09. The minimum absolute atomic E-state index is 0.243. The minimum Gasteiger partial charge on any atom is -0.465 e. The van der Waals surface area contributed by atoms with Crippen LogP contribution in [0, 0.1) is 5.41 Å². The minimum atomic E-state index is -1.13. The van der Waals surface area contributed by atoms with E-state index < -0.39 is 17.3 Å². The molecule has 1 aromatic heterocycles. The molecule has 0 radical (unpaired) electrons. The van der Waals surface area contributed by atoms with E-state index in [0.717, 1.165) is 0 Å². The number of benzene rings is 1. The maximum atomic E-state index is 12.7. The number of nitrogens with one attached hydrogen (secondary N) is 2. The molecular formula is C19H18ClN3O4. The molecule has 1 aliphatic rings. The summed E-state index contributed by atoms with van der Waals surface area (Å²) in [6, 6.07) is 9.81. The lowest BCUT2D eigenvalue weighted by molar-refractivity contribution is -0.134. The Kier molecular flexibility index (Phi) is 5.41. The monoisotopic (exact) mass is 387 g/mol. The third-order valence-electron chi connectivity index (χ3n) is 4.41. The van der Waals surface area contributed by atoms with Gasteiger partial charge in [-0.25, -0.2) is 4.79 Å². The van der Waals surface area contributed by atoms with E-state index >= 15 is 0 Å². The molecule has 0 aliphatic heterocycles. The molecular weight excluding hydrogens is 370 g/mol. The molecule has 2 N–H and O–H groups in total. The van der Waals surface area contributed by atoms with Crippen LogP contribution >= 0.6 is 11.6 Å². The normalized spacial score (nSPS) is 14.1. The zero-order chi connectivity index (χ0) is 19.4. The van der Waals surface area contributed by atoms with Gasteiger partial charge < -0.3 is 15.4 Å². The molecule has 1 saturated carbocycles.